The third kappa shape index (κ3) is 1.50. The molecule has 5 nitrogen and oxygen atoms in total. The number of aryl methyl sites for hydroxylation is 1. The minimum atomic E-state index is 0.672. The maximum absolute atomic E-state index is 5.31. The van der Waals surface area contributed by atoms with Gasteiger partial charge in [-0.2, -0.15) is 5.10 Å². The highest BCUT2D eigenvalue weighted by atomic mass is 16.5. The summed E-state index contributed by atoms with van der Waals surface area (Å²) < 4.78 is 6.81. The smallest absolute Gasteiger partial charge is 0.182 e. The monoisotopic (exact) mass is 170 g/mol. The first-order valence-electron chi connectivity index (χ1n) is 3.89. The Morgan fingerprint density at radius 2 is 2.50 bits per heavy atom. The Morgan fingerprint density at radius 3 is 3.00 bits per heavy atom. The number of hydrazine groups is 1. The van der Waals surface area contributed by atoms with Crippen LogP contribution in [0.1, 0.15) is 13.3 Å². The van der Waals surface area contributed by atoms with Crippen molar-refractivity contribution < 1.29 is 4.74 Å². The molecule has 0 fully saturated rings. The maximum Gasteiger partial charge on any atom is 0.182 e. The van der Waals surface area contributed by atoms with Crippen LogP contribution < -0.4 is 16.0 Å². The van der Waals surface area contributed by atoms with Crippen LogP contribution in [0.2, 0.25) is 0 Å². The van der Waals surface area contributed by atoms with E-state index in [9.17, 15) is 0 Å². The van der Waals surface area contributed by atoms with Crippen LogP contribution in [0.4, 0.5) is 5.82 Å². The number of nitrogens with one attached hydrogen (secondary N) is 1. The van der Waals surface area contributed by atoms with E-state index in [4.69, 9.17) is 10.6 Å². The summed E-state index contributed by atoms with van der Waals surface area (Å²) in [6.07, 6.45) is 2.66. The molecule has 5 heteroatoms. The summed E-state index contributed by atoms with van der Waals surface area (Å²) in [5, 5.41) is 4.10. The van der Waals surface area contributed by atoms with Crippen molar-refractivity contribution in [2.45, 2.75) is 19.9 Å². The fourth-order valence-electron chi connectivity index (χ4n) is 1.04. The van der Waals surface area contributed by atoms with E-state index in [1.807, 2.05) is 0 Å². The number of ether oxygens (including phenoxy) is 1. The van der Waals surface area contributed by atoms with Gasteiger partial charge in [0, 0.05) is 6.54 Å². The summed E-state index contributed by atoms with van der Waals surface area (Å²) in [5.74, 6) is 6.70. The SMILES string of the molecule is CCCn1ncc(OC)c1NN. The normalized spacial score (nSPS) is 9.92. The Balaban J connectivity index is 2.88. The summed E-state index contributed by atoms with van der Waals surface area (Å²) >= 11 is 0. The summed E-state index contributed by atoms with van der Waals surface area (Å²) in [6.45, 7) is 2.91. The number of nitrogens with two attached hydrogens (primary N) is 1. The van der Waals surface area contributed by atoms with E-state index in [-0.39, 0.29) is 0 Å². The number of hydrogen-bond acceptors (Lipinski definition) is 4. The Bertz CT molecular complexity index is 246. The van der Waals surface area contributed by atoms with Crippen molar-refractivity contribution in [3.63, 3.8) is 0 Å². The van der Waals surface area contributed by atoms with E-state index < -0.39 is 0 Å². The van der Waals surface area contributed by atoms with Gasteiger partial charge in [0.15, 0.2) is 11.6 Å². The van der Waals surface area contributed by atoms with Crippen molar-refractivity contribution in [1.29, 1.82) is 0 Å². The lowest BCUT2D eigenvalue weighted by atomic mass is 10.5. The third-order valence-electron chi connectivity index (χ3n) is 1.60. The average Bonchev–Trinajstić information content (AvgIpc) is 2.47. The summed E-state index contributed by atoms with van der Waals surface area (Å²) in [7, 11) is 1.59. The van der Waals surface area contributed by atoms with Gasteiger partial charge in [-0.05, 0) is 6.42 Å². The van der Waals surface area contributed by atoms with Crippen LogP contribution in [0.25, 0.3) is 0 Å². The molecule has 0 saturated heterocycles. The van der Waals surface area contributed by atoms with E-state index in [0.29, 0.717) is 5.75 Å². The lowest BCUT2D eigenvalue weighted by molar-refractivity contribution is 0.415. The van der Waals surface area contributed by atoms with Gasteiger partial charge in [0.1, 0.15) is 0 Å². The minimum Gasteiger partial charge on any atom is -0.491 e. The molecule has 1 heterocycles. The zero-order valence-electron chi connectivity index (χ0n) is 7.37. The van der Waals surface area contributed by atoms with E-state index >= 15 is 0 Å². The minimum absolute atomic E-state index is 0.672. The lowest BCUT2D eigenvalue weighted by Crippen LogP contribution is -2.13. The zero-order valence-corrected chi connectivity index (χ0v) is 7.37. The molecule has 0 unspecified atom stereocenters. The van der Waals surface area contributed by atoms with Gasteiger partial charge in [0.05, 0.1) is 13.3 Å². The molecule has 0 aliphatic heterocycles. The number of nitrogen functional groups attached to an aromatic ring is 1. The van der Waals surface area contributed by atoms with E-state index in [2.05, 4.69) is 17.4 Å². The number of hydrogen-bond donors (Lipinski definition) is 2. The topological polar surface area (TPSA) is 65.1 Å². The van der Waals surface area contributed by atoms with Crippen molar-refractivity contribution in [3.05, 3.63) is 6.20 Å². The molecule has 0 spiro atoms. The second-order valence-electron chi connectivity index (χ2n) is 2.43. The molecule has 0 aromatic carbocycles. The highest BCUT2D eigenvalue weighted by Gasteiger charge is 2.07. The Morgan fingerprint density at radius 1 is 1.75 bits per heavy atom. The molecule has 0 amide bonds. The van der Waals surface area contributed by atoms with Crippen LogP contribution in [-0.4, -0.2) is 16.9 Å². The van der Waals surface area contributed by atoms with Crippen LogP contribution >= 0.6 is 0 Å². The number of aromatic nitrogens is 2. The fourth-order valence-corrected chi connectivity index (χ4v) is 1.04. The largest absolute Gasteiger partial charge is 0.491 e. The predicted octanol–water partition coefficient (Wildman–Crippen LogP) is 0.587. The first-order valence-corrected chi connectivity index (χ1v) is 3.89. The van der Waals surface area contributed by atoms with Crippen molar-refractivity contribution in [1.82, 2.24) is 9.78 Å². The quantitative estimate of drug-likeness (QED) is 0.512. The molecule has 1 rings (SSSR count). The zero-order chi connectivity index (χ0) is 8.97. The molecule has 0 saturated carbocycles. The summed E-state index contributed by atoms with van der Waals surface area (Å²) in [4.78, 5) is 0. The molecule has 3 N–H and O–H groups in total. The first-order chi connectivity index (χ1) is 5.83. The van der Waals surface area contributed by atoms with Gasteiger partial charge >= 0.3 is 0 Å². The van der Waals surface area contributed by atoms with Gasteiger partial charge in [0.25, 0.3) is 0 Å². The van der Waals surface area contributed by atoms with Crippen LogP contribution in [0.5, 0.6) is 5.75 Å². The number of rotatable bonds is 4. The van der Waals surface area contributed by atoms with Gasteiger partial charge in [-0.1, -0.05) is 6.92 Å². The third-order valence-corrected chi connectivity index (χ3v) is 1.60. The van der Waals surface area contributed by atoms with Crippen LogP contribution in [0.3, 0.4) is 0 Å². The molecule has 68 valence electrons. The Labute approximate surface area is 71.5 Å². The fraction of sp³-hybridized carbons (Fsp3) is 0.571. The number of anilines is 1. The lowest BCUT2D eigenvalue weighted by Gasteiger charge is -2.05. The van der Waals surface area contributed by atoms with E-state index in [0.717, 1.165) is 18.8 Å². The summed E-state index contributed by atoms with van der Waals surface area (Å²) in [6, 6.07) is 0. The van der Waals surface area contributed by atoms with E-state index in [1.54, 1.807) is 18.0 Å². The molecule has 0 atom stereocenters. The van der Waals surface area contributed by atoms with Crippen LogP contribution in [-0.2, 0) is 6.54 Å². The highest BCUT2D eigenvalue weighted by Crippen LogP contribution is 2.22. The van der Waals surface area contributed by atoms with Gasteiger partial charge in [-0.15, -0.1) is 0 Å². The van der Waals surface area contributed by atoms with Gasteiger partial charge in [-0.3, -0.25) is 0 Å². The molecule has 12 heavy (non-hydrogen) atoms. The van der Waals surface area contributed by atoms with E-state index in [1.165, 1.54) is 0 Å². The van der Waals surface area contributed by atoms with Gasteiger partial charge in [0.2, 0.25) is 0 Å². The van der Waals surface area contributed by atoms with Crippen molar-refractivity contribution >= 4 is 5.82 Å². The summed E-state index contributed by atoms with van der Waals surface area (Å²) in [5.41, 5.74) is 2.56. The van der Waals surface area contributed by atoms with Crippen LogP contribution in [0, 0.1) is 0 Å². The van der Waals surface area contributed by atoms with Gasteiger partial charge < -0.3 is 10.2 Å². The van der Waals surface area contributed by atoms with Crippen LogP contribution in [0.15, 0.2) is 6.20 Å². The number of nitrogens with zero attached hydrogens (tertiary/aromatic N) is 2. The first kappa shape index (κ1) is 8.86. The molecule has 1 aromatic heterocycles. The molecular formula is C7H14N4O. The molecule has 1 aromatic rings. The predicted molar refractivity (Wildman–Crippen MR) is 46.9 cm³/mol. The molecule has 0 aliphatic rings. The number of methoxy groups -OCH3 is 1. The second-order valence-corrected chi connectivity index (χ2v) is 2.43. The standard InChI is InChI=1S/C7H14N4O/c1-3-4-11-7(10-8)6(12-2)5-9-11/h5,10H,3-4,8H2,1-2H3. The second kappa shape index (κ2) is 3.96. The Hall–Kier alpha value is -1.23. The highest BCUT2D eigenvalue weighted by molar-refractivity contribution is 5.48. The van der Waals surface area contributed by atoms with Gasteiger partial charge in [-0.25, -0.2) is 10.5 Å². The Kier molecular flexibility index (Phi) is 2.93. The maximum atomic E-state index is 5.31. The van der Waals surface area contributed by atoms with Crippen molar-refractivity contribution in [2.24, 2.45) is 5.84 Å². The van der Waals surface area contributed by atoms with Crippen molar-refractivity contribution in [3.8, 4) is 5.75 Å². The molecular weight excluding hydrogens is 156 g/mol. The molecule has 0 aliphatic carbocycles. The molecule has 0 radical (unpaired) electrons. The van der Waals surface area contributed by atoms with Crippen molar-refractivity contribution in [2.75, 3.05) is 12.5 Å². The molecule has 0 bridgehead atoms. The average molecular weight is 170 g/mol.